The van der Waals surface area contributed by atoms with Crippen molar-refractivity contribution in [1.29, 1.82) is 0 Å². The van der Waals surface area contributed by atoms with E-state index in [0.717, 1.165) is 22.0 Å². The Balaban J connectivity index is 2.51. The molecule has 0 saturated carbocycles. The average Bonchev–Trinajstić information content (AvgIpc) is 2.67. The van der Waals surface area contributed by atoms with Gasteiger partial charge in [-0.2, -0.15) is 4.98 Å². The van der Waals surface area contributed by atoms with E-state index in [1.165, 1.54) is 11.0 Å². The molecule has 2 rings (SSSR count). The van der Waals surface area contributed by atoms with Crippen molar-refractivity contribution >= 4 is 45.9 Å². The maximum absolute atomic E-state index is 12.7. The third kappa shape index (κ3) is 6.17. The predicted molar refractivity (Wildman–Crippen MR) is 118 cm³/mol. The highest BCUT2D eigenvalue weighted by molar-refractivity contribution is 14.1. The Labute approximate surface area is 182 Å². The molecule has 0 spiro atoms. The number of nitrogen functional groups attached to an aromatic ring is 1. The number of benzene rings is 1. The lowest BCUT2D eigenvalue weighted by Gasteiger charge is -2.22. The van der Waals surface area contributed by atoms with Crippen LogP contribution in [-0.2, 0) is 11.3 Å². The van der Waals surface area contributed by atoms with Crippen molar-refractivity contribution in [2.24, 2.45) is 0 Å². The van der Waals surface area contributed by atoms with E-state index in [4.69, 9.17) is 15.2 Å². The van der Waals surface area contributed by atoms with E-state index in [9.17, 15) is 14.9 Å². The first-order valence-electron chi connectivity index (χ1n) is 9.13. The minimum atomic E-state index is -0.723. The number of amides is 1. The first-order chi connectivity index (χ1) is 13.9. The summed E-state index contributed by atoms with van der Waals surface area (Å²) in [4.78, 5) is 28.8. The standard InChI is InChI=1S/C19H23IN4O5/c1-3-5-10-29-16-11-15(17(24(26)27)18(21)22-16)23(19(25)28-4-2)12-13-6-8-14(20)9-7-13/h6-9,11H,3-5,10,12H2,1-2H3,(H2,21,22). The van der Waals surface area contributed by atoms with Crippen LogP contribution < -0.4 is 15.4 Å². The fraction of sp³-hybridized carbons (Fsp3) is 0.368. The molecular formula is C19H23IN4O5. The van der Waals surface area contributed by atoms with Gasteiger partial charge in [-0.1, -0.05) is 25.5 Å². The summed E-state index contributed by atoms with van der Waals surface area (Å²) < 4.78 is 11.7. The minimum Gasteiger partial charge on any atom is -0.478 e. The Morgan fingerprint density at radius 1 is 1.31 bits per heavy atom. The number of carbonyl (C=O) groups is 1. The number of hydrogen-bond acceptors (Lipinski definition) is 7. The van der Waals surface area contributed by atoms with Crippen molar-refractivity contribution in [2.45, 2.75) is 33.2 Å². The maximum atomic E-state index is 12.7. The molecule has 1 heterocycles. The van der Waals surface area contributed by atoms with Gasteiger partial charge in [-0.15, -0.1) is 0 Å². The van der Waals surface area contributed by atoms with Crippen molar-refractivity contribution in [3.63, 3.8) is 0 Å². The fourth-order valence-electron chi connectivity index (χ4n) is 2.53. The number of carbonyl (C=O) groups excluding carboxylic acids is 1. The van der Waals surface area contributed by atoms with E-state index in [-0.39, 0.29) is 30.5 Å². The third-order valence-electron chi connectivity index (χ3n) is 3.94. The van der Waals surface area contributed by atoms with Crippen LogP contribution in [0.15, 0.2) is 30.3 Å². The largest absolute Gasteiger partial charge is 0.478 e. The molecule has 1 aromatic carbocycles. The summed E-state index contributed by atoms with van der Waals surface area (Å²) in [5.74, 6) is -0.204. The Morgan fingerprint density at radius 3 is 2.59 bits per heavy atom. The van der Waals surface area contributed by atoms with Gasteiger partial charge in [0.15, 0.2) is 0 Å². The Hall–Kier alpha value is -2.63. The molecule has 2 aromatic rings. The number of hydrogen-bond donors (Lipinski definition) is 1. The van der Waals surface area contributed by atoms with E-state index in [0.29, 0.717) is 6.61 Å². The van der Waals surface area contributed by atoms with E-state index >= 15 is 0 Å². The van der Waals surface area contributed by atoms with Gasteiger partial charge in [-0.25, -0.2) is 4.79 Å². The summed E-state index contributed by atoms with van der Waals surface area (Å²) in [5.41, 5.74) is 6.13. The van der Waals surface area contributed by atoms with Crippen LogP contribution >= 0.6 is 22.6 Å². The van der Waals surface area contributed by atoms with Gasteiger partial charge in [-0.05, 0) is 53.6 Å². The zero-order chi connectivity index (χ0) is 21.4. The summed E-state index contributed by atoms with van der Waals surface area (Å²) in [6.45, 7) is 4.24. The summed E-state index contributed by atoms with van der Waals surface area (Å²) in [5, 5.41) is 11.7. The minimum absolute atomic E-state index is 0.0222. The molecule has 29 heavy (non-hydrogen) atoms. The van der Waals surface area contributed by atoms with Gasteiger partial charge in [0.2, 0.25) is 11.7 Å². The molecule has 0 aliphatic carbocycles. The average molecular weight is 514 g/mol. The quantitative estimate of drug-likeness (QED) is 0.226. The van der Waals surface area contributed by atoms with Crippen molar-refractivity contribution in [3.8, 4) is 5.88 Å². The number of unbranched alkanes of at least 4 members (excludes halogenated alkanes) is 1. The SMILES string of the molecule is CCCCOc1cc(N(Cc2ccc(I)cc2)C(=O)OCC)c([N+](=O)[O-])c(N)n1. The number of nitro groups is 1. The smallest absolute Gasteiger partial charge is 0.414 e. The van der Waals surface area contributed by atoms with Crippen LogP contribution in [0.1, 0.15) is 32.3 Å². The first-order valence-corrected chi connectivity index (χ1v) is 10.2. The second-order valence-electron chi connectivity index (χ2n) is 6.08. The van der Waals surface area contributed by atoms with Crippen molar-refractivity contribution in [3.05, 3.63) is 49.6 Å². The second-order valence-corrected chi connectivity index (χ2v) is 7.33. The van der Waals surface area contributed by atoms with Crippen LogP contribution in [0, 0.1) is 13.7 Å². The molecule has 1 aromatic heterocycles. The molecular weight excluding hydrogens is 491 g/mol. The fourth-order valence-corrected chi connectivity index (χ4v) is 2.89. The zero-order valence-electron chi connectivity index (χ0n) is 16.3. The van der Waals surface area contributed by atoms with Crippen LogP contribution in [0.4, 0.5) is 22.0 Å². The molecule has 0 aliphatic rings. The van der Waals surface area contributed by atoms with Crippen molar-refractivity contribution in [1.82, 2.24) is 4.98 Å². The van der Waals surface area contributed by atoms with Gasteiger partial charge < -0.3 is 15.2 Å². The molecule has 9 nitrogen and oxygen atoms in total. The van der Waals surface area contributed by atoms with Crippen molar-refractivity contribution < 1.29 is 19.2 Å². The highest BCUT2D eigenvalue weighted by Crippen LogP contribution is 2.37. The highest BCUT2D eigenvalue weighted by atomic mass is 127. The molecule has 0 aliphatic heterocycles. The topological polar surface area (TPSA) is 121 Å². The van der Waals surface area contributed by atoms with Gasteiger partial charge in [0.1, 0.15) is 5.69 Å². The molecule has 2 N–H and O–H groups in total. The Kier molecular flexibility index (Phi) is 8.43. The van der Waals surface area contributed by atoms with E-state index in [2.05, 4.69) is 27.6 Å². The monoisotopic (exact) mass is 514 g/mol. The number of nitrogens with two attached hydrogens (primary N) is 1. The summed E-state index contributed by atoms with van der Waals surface area (Å²) in [6, 6.07) is 8.79. The van der Waals surface area contributed by atoms with Crippen LogP contribution in [0.25, 0.3) is 0 Å². The van der Waals surface area contributed by atoms with E-state index in [1.807, 2.05) is 31.2 Å². The lowest BCUT2D eigenvalue weighted by Crippen LogP contribution is -2.32. The van der Waals surface area contributed by atoms with E-state index < -0.39 is 16.7 Å². The van der Waals surface area contributed by atoms with Gasteiger partial charge in [0.25, 0.3) is 0 Å². The number of pyridine rings is 1. The Bertz CT molecular complexity index is 860. The second kappa shape index (κ2) is 10.8. The van der Waals surface area contributed by atoms with Gasteiger partial charge in [0, 0.05) is 9.64 Å². The Morgan fingerprint density at radius 2 is 2.00 bits per heavy atom. The number of anilines is 2. The van der Waals surface area contributed by atoms with Crippen molar-refractivity contribution in [2.75, 3.05) is 23.8 Å². The number of rotatable bonds is 9. The number of ether oxygens (including phenoxy) is 2. The molecule has 0 radical (unpaired) electrons. The number of aromatic nitrogens is 1. The van der Waals surface area contributed by atoms with Crippen LogP contribution in [-0.4, -0.2) is 29.2 Å². The molecule has 0 fully saturated rings. The zero-order valence-corrected chi connectivity index (χ0v) is 18.4. The molecule has 0 saturated heterocycles. The van der Waals surface area contributed by atoms with Gasteiger partial charge in [0.05, 0.1) is 24.7 Å². The third-order valence-corrected chi connectivity index (χ3v) is 4.66. The lowest BCUT2D eigenvalue weighted by molar-refractivity contribution is -0.383. The van der Waals surface area contributed by atoms with Crippen LogP contribution in [0.3, 0.4) is 0 Å². The van der Waals surface area contributed by atoms with Gasteiger partial charge >= 0.3 is 11.8 Å². The maximum Gasteiger partial charge on any atom is 0.414 e. The molecule has 0 unspecified atom stereocenters. The van der Waals surface area contributed by atoms with Crippen LogP contribution in [0.2, 0.25) is 0 Å². The molecule has 0 bridgehead atoms. The molecule has 10 heteroatoms. The molecule has 1 amide bonds. The normalized spacial score (nSPS) is 10.4. The lowest BCUT2D eigenvalue weighted by atomic mass is 10.2. The predicted octanol–water partition coefficient (Wildman–Crippen LogP) is 4.52. The first kappa shape index (κ1) is 22.7. The van der Waals surface area contributed by atoms with Gasteiger partial charge in [-0.3, -0.25) is 15.0 Å². The summed E-state index contributed by atoms with van der Waals surface area (Å²) in [7, 11) is 0. The van der Waals surface area contributed by atoms with E-state index in [1.54, 1.807) is 6.92 Å². The molecule has 156 valence electrons. The summed E-state index contributed by atoms with van der Waals surface area (Å²) in [6.07, 6.45) is 0.981. The van der Waals surface area contributed by atoms with Crippen LogP contribution in [0.5, 0.6) is 5.88 Å². The molecule has 0 atom stereocenters. The summed E-state index contributed by atoms with van der Waals surface area (Å²) >= 11 is 2.17. The number of halogens is 1. The highest BCUT2D eigenvalue weighted by Gasteiger charge is 2.30. The number of nitrogens with zero attached hydrogens (tertiary/aromatic N) is 3.